The highest BCUT2D eigenvalue weighted by atomic mass is 16.5. The molecule has 2 aromatic heterocycles. The summed E-state index contributed by atoms with van der Waals surface area (Å²) < 4.78 is 9.96. The van der Waals surface area contributed by atoms with Gasteiger partial charge in [0.1, 0.15) is 17.0 Å². The third kappa shape index (κ3) is 2.87. The Balaban J connectivity index is 1.98. The summed E-state index contributed by atoms with van der Waals surface area (Å²) in [4.78, 5) is 18.9. The second-order valence-corrected chi connectivity index (χ2v) is 4.76. The number of hydrogen-bond donors (Lipinski definition) is 1. The fourth-order valence-electron chi connectivity index (χ4n) is 2.26. The number of carbonyl (C=O) groups is 1. The van der Waals surface area contributed by atoms with E-state index in [9.17, 15) is 4.79 Å². The van der Waals surface area contributed by atoms with E-state index in [1.54, 1.807) is 24.4 Å². The Morgan fingerprint density at radius 1 is 1.17 bits per heavy atom. The zero-order valence-corrected chi connectivity index (χ0v) is 12.7. The van der Waals surface area contributed by atoms with Gasteiger partial charge in [-0.25, -0.2) is 9.78 Å². The van der Waals surface area contributed by atoms with Gasteiger partial charge in [0.15, 0.2) is 0 Å². The molecule has 0 aliphatic rings. The van der Waals surface area contributed by atoms with Gasteiger partial charge >= 0.3 is 5.97 Å². The summed E-state index contributed by atoms with van der Waals surface area (Å²) in [5, 5.41) is 0.971. The Bertz CT molecular complexity index is 932. The highest BCUT2D eigenvalue weighted by Gasteiger charge is 2.12. The summed E-state index contributed by atoms with van der Waals surface area (Å²) in [7, 11) is 2.84. The van der Waals surface area contributed by atoms with Crippen LogP contribution in [0.25, 0.3) is 11.0 Å². The lowest BCUT2D eigenvalue weighted by molar-refractivity contribution is 0.0597. The number of benzene rings is 1. The number of carbonyl (C=O) groups excluding carboxylic acids is 1. The minimum absolute atomic E-state index is 0.373. The molecule has 0 spiro atoms. The first-order chi connectivity index (χ1) is 11.2. The maximum atomic E-state index is 11.7. The van der Waals surface area contributed by atoms with Crippen molar-refractivity contribution < 1.29 is 14.3 Å². The first kappa shape index (κ1) is 14.7. The van der Waals surface area contributed by atoms with E-state index in [1.165, 1.54) is 14.2 Å². The van der Waals surface area contributed by atoms with Gasteiger partial charge in [-0.2, -0.15) is 0 Å². The summed E-state index contributed by atoms with van der Waals surface area (Å²) in [6, 6.07) is 8.93. The van der Waals surface area contributed by atoms with Crippen molar-refractivity contribution in [2.24, 2.45) is 0 Å². The number of H-pyrrole nitrogens is 1. The normalized spacial score (nSPS) is 10.0. The van der Waals surface area contributed by atoms with Crippen LogP contribution in [-0.2, 0) is 4.74 Å². The number of hydrogen-bond acceptors (Lipinski definition) is 4. The lowest BCUT2D eigenvalue weighted by atomic mass is 10.1. The number of aromatic nitrogens is 2. The number of methoxy groups -OCH3 is 2. The molecule has 0 saturated carbocycles. The fraction of sp³-hybridized carbons (Fsp3) is 0.111. The largest absolute Gasteiger partial charge is 0.496 e. The summed E-state index contributed by atoms with van der Waals surface area (Å²) in [6.45, 7) is 0. The Morgan fingerprint density at radius 3 is 2.83 bits per heavy atom. The average Bonchev–Trinajstić information content (AvgIpc) is 3.08. The Hall–Kier alpha value is -3.26. The molecule has 114 valence electrons. The van der Waals surface area contributed by atoms with Crippen LogP contribution in [0, 0.1) is 11.8 Å². The van der Waals surface area contributed by atoms with E-state index in [4.69, 9.17) is 9.47 Å². The molecule has 23 heavy (non-hydrogen) atoms. The van der Waals surface area contributed by atoms with Crippen molar-refractivity contribution >= 4 is 17.0 Å². The van der Waals surface area contributed by atoms with Crippen LogP contribution in [0.15, 0.2) is 42.7 Å². The first-order valence-corrected chi connectivity index (χ1v) is 6.93. The van der Waals surface area contributed by atoms with Crippen molar-refractivity contribution in [2.75, 3.05) is 14.2 Å². The maximum Gasteiger partial charge on any atom is 0.341 e. The van der Waals surface area contributed by atoms with Crippen LogP contribution in [0.2, 0.25) is 0 Å². The van der Waals surface area contributed by atoms with E-state index in [0.717, 1.165) is 22.2 Å². The molecule has 1 aromatic carbocycles. The summed E-state index contributed by atoms with van der Waals surface area (Å²) >= 11 is 0. The molecule has 0 unspecified atom stereocenters. The van der Waals surface area contributed by atoms with E-state index < -0.39 is 5.97 Å². The molecule has 2 heterocycles. The molecule has 0 atom stereocenters. The molecule has 0 amide bonds. The molecule has 0 fully saturated rings. The molecule has 0 bridgehead atoms. The van der Waals surface area contributed by atoms with Crippen molar-refractivity contribution in [3.05, 3.63) is 59.4 Å². The van der Waals surface area contributed by atoms with Gasteiger partial charge in [-0.15, -0.1) is 0 Å². The summed E-state index contributed by atoms with van der Waals surface area (Å²) in [6.07, 6.45) is 3.54. The third-order valence-corrected chi connectivity index (χ3v) is 3.41. The van der Waals surface area contributed by atoms with E-state index >= 15 is 0 Å². The number of nitrogens with one attached hydrogen (secondary N) is 1. The molecule has 0 aliphatic heterocycles. The number of ether oxygens (including phenoxy) is 2. The van der Waals surface area contributed by atoms with E-state index in [0.29, 0.717) is 11.3 Å². The quantitative estimate of drug-likeness (QED) is 0.584. The number of esters is 1. The predicted octanol–water partition coefficient (Wildman–Crippen LogP) is 2.76. The van der Waals surface area contributed by atoms with E-state index in [1.807, 2.05) is 18.3 Å². The molecule has 5 heteroatoms. The van der Waals surface area contributed by atoms with Gasteiger partial charge in [0.25, 0.3) is 0 Å². The minimum Gasteiger partial charge on any atom is -0.496 e. The molecular formula is C18H14N2O3. The average molecular weight is 306 g/mol. The molecule has 0 aliphatic carbocycles. The number of aromatic amines is 1. The monoisotopic (exact) mass is 306 g/mol. The molecule has 0 radical (unpaired) electrons. The van der Waals surface area contributed by atoms with Gasteiger partial charge in [0.05, 0.1) is 14.2 Å². The Morgan fingerprint density at radius 2 is 2.04 bits per heavy atom. The Labute approximate surface area is 133 Å². The molecule has 1 N–H and O–H groups in total. The zero-order valence-electron chi connectivity index (χ0n) is 12.7. The van der Waals surface area contributed by atoms with Crippen LogP contribution < -0.4 is 4.74 Å². The molecule has 5 nitrogen and oxygen atoms in total. The molecular weight excluding hydrogens is 292 g/mol. The highest BCUT2D eigenvalue weighted by Crippen LogP contribution is 2.21. The van der Waals surface area contributed by atoms with Gasteiger partial charge in [-0.05, 0) is 30.3 Å². The van der Waals surface area contributed by atoms with Crippen molar-refractivity contribution in [3.8, 4) is 17.6 Å². The minimum atomic E-state index is -0.440. The van der Waals surface area contributed by atoms with Crippen molar-refractivity contribution in [2.45, 2.75) is 0 Å². The maximum absolute atomic E-state index is 11.7. The van der Waals surface area contributed by atoms with Gasteiger partial charge in [0.2, 0.25) is 0 Å². The van der Waals surface area contributed by atoms with Gasteiger partial charge < -0.3 is 14.5 Å². The van der Waals surface area contributed by atoms with E-state index in [-0.39, 0.29) is 0 Å². The van der Waals surface area contributed by atoms with Gasteiger partial charge in [-0.1, -0.05) is 11.8 Å². The highest BCUT2D eigenvalue weighted by molar-refractivity contribution is 5.92. The van der Waals surface area contributed by atoms with Crippen LogP contribution in [0.4, 0.5) is 0 Å². The van der Waals surface area contributed by atoms with Crippen LogP contribution in [-0.4, -0.2) is 30.2 Å². The summed E-state index contributed by atoms with van der Waals surface area (Å²) in [5.74, 6) is 6.20. The van der Waals surface area contributed by atoms with E-state index in [2.05, 4.69) is 21.8 Å². The van der Waals surface area contributed by atoms with Crippen LogP contribution in [0.1, 0.15) is 21.5 Å². The van der Waals surface area contributed by atoms with Crippen LogP contribution in [0.3, 0.4) is 0 Å². The number of nitrogens with zero attached hydrogens (tertiary/aromatic N) is 1. The lowest BCUT2D eigenvalue weighted by Gasteiger charge is -2.06. The van der Waals surface area contributed by atoms with Crippen LogP contribution >= 0.6 is 0 Å². The third-order valence-electron chi connectivity index (χ3n) is 3.41. The SMILES string of the molecule is COC(=O)c1ccc(C#Cc2ccnc3[nH]ccc23)cc1OC. The number of pyridine rings is 1. The first-order valence-electron chi connectivity index (χ1n) is 6.93. The number of fused-ring (bicyclic) bond motifs is 1. The molecule has 3 rings (SSSR count). The molecule has 3 aromatic rings. The zero-order chi connectivity index (χ0) is 16.2. The fourth-order valence-corrected chi connectivity index (χ4v) is 2.26. The van der Waals surface area contributed by atoms with Gasteiger partial charge in [-0.3, -0.25) is 0 Å². The van der Waals surface area contributed by atoms with Crippen LogP contribution in [0.5, 0.6) is 5.75 Å². The van der Waals surface area contributed by atoms with Crippen molar-refractivity contribution in [3.63, 3.8) is 0 Å². The Kier molecular flexibility index (Phi) is 3.98. The van der Waals surface area contributed by atoms with Crippen molar-refractivity contribution in [1.82, 2.24) is 9.97 Å². The predicted molar refractivity (Wildman–Crippen MR) is 86.4 cm³/mol. The smallest absolute Gasteiger partial charge is 0.341 e. The number of rotatable bonds is 2. The molecule has 0 saturated heterocycles. The van der Waals surface area contributed by atoms with Crippen molar-refractivity contribution in [1.29, 1.82) is 0 Å². The summed E-state index contributed by atoms with van der Waals surface area (Å²) in [5.41, 5.74) is 2.80. The lowest BCUT2D eigenvalue weighted by Crippen LogP contribution is -2.04. The standard InChI is InChI=1S/C18H14N2O3/c1-22-16-11-12(4-6-15(16)18(21)23-2)3-5-13-7-9-19-17-14(13)8-10-20-17/h4,6-11H,1-2H3,(H,19,20). The second-order valence-electron chi connectivity index (χ2n) is 4.76. The topological polar surface area (TPSA) is 64.2 Å². The van der Waals surface area contributed by atoms with Gasteiger partial charge in [0, 0.05) is 28.9 Å². The second kappa shape index (κ2) is 6.24.